The van der Waals surface area contributed by atoms with Crippen molar-refractivity contribution in [1.82, 2.24) is 25.2 Å². The molecule has 0 aliphatic heterocycles. The number of fused-ring (bicyclic) bond motifs is 1. The van der Waals surface area contributed by atoms with Gasteiger partial charge in [0.2, 0.25) is 0 Å². The molecule has 0 unspecified atom stereocenters. The Morgan fingerprint density at radius 3 is 2.54 bits per heavy atom. The van der Waals surface area contributed by atoms with Gasteiger partial charge in [0.1, 0.15) is 5.69 Å². The van der Waals surface area contributed by atoms with E-state index in [-0.39, 0.29) is 10.7 Å². The predicted octanol–water partition coefficient (Wildman–Crippen LogP) is 5.20. The van der Waals surface area contributed by atoms with E-state index in [0.29, 0.717) is 28.4 Å². The Morgan fingerprint density at radius 2 is 1.80 bits per heavy atom. The predicted molar refractivity (Wildman–Crippen MR) is 135 cm³/mol. The number of nitrogens with zero attached hydrogens (tertiary/aromatic N) is 4. The van der Waals surface area contributed by atoms with E-state index >= 15 is 0 Å². The minimum absolute atomic E-state index is 0.106. The highest BCUT2D eigenvalue weighted by atomic mass is 35.5. The molecule has 0 bridgehead atoms. The van der Waals surface area contributed by atoms with E-state index in [1.54, 1.807) is 0 Å². The molecule has 5 aromatic rings. The molecule has 0 radical (unpaired) electrons. The van der Waals surface area contributed by atoms with Gasteiger partial charge >= 0.3 is 0 Å². The maximum Gasteiger partial charge on any atom is 0.263 e. The van der Waals surface area contributed by atoms with Crippen LogP contribution >= 0.6 is 11.6 Å². The molecule has 1 aliphatic rings. The fourth-order valence-corrected chi connectivity index (χ4v) is 5.35. The maximum absolute atomic E-state index is 12.9. The molecule has 176 valence electrons. The summed E-state index contributed by atoms with van der Waals surface area (Å²) in [6.07, 6.45) is 2.21. The van der Waals surface area contributed by atoms with Crippen LogP contribution in [0.25, 0.3) is 22.2 Å². The SMILES string of the molecule is O=S(=O)(Nc1n[nH]c2ccc(-c3nnn(Cc4ccccc4)c3C3CC3)cc12)c1ccc(Cl)cc1. The summed E-state index contributed by atoms with van der Waals surface area (Å²) in [4.78, 5) is 0.106. The average molecular weight is 505 g/mol. The topological polar surface area (TPSA) is 106 Å². The van der Waals surface area contributed by atoms with Gasteiger partial charge in [-0.3, -0.25) is 9.82 Å². The van der Waals surface area contributed by atoms with Crippen LogP contribution in [0.4, 0.5) is 5.82 Å². The van der Waals surface area contributed by atoms with Crippen molar-refractivity contribution >= 4 is 38.3 Å². The van der Waals surface area contributed by atoms with E-state index < -0.39 is 10.0 Å². The van der Waals surface area contributed by atoms with Crippen molar-refractivity contribution < 1.29 is 8.42 Å². The van der Waals surface area contributed by atoms with Crippen LogP contribution in [0.3, 0.4) is 0 Å². The molecule has 0 saturated heterocycles. The van der Waals surface area contributed by atoms with Crippen molar-refractivity contribution in [3.05, 3.63) is 89.1 Å². The molecule has 2 N–H and O–H groups in total. The van der Waals surface area contributed by atoms with Gasteiger partial charge in [-0.1, -0.05) is 53.2 Å². The summed E-state index contributed by atoms with van der Waals surface area (Å²) in [7, 11) is -3.83. The number of benzene rings is 3. The smallest absolute Gasteiger partial charge is 0.263 e. The van der Waals surface area contributed by atoms with Crippen molar-refractivity contribution in [3.8, 4) is 11.3 Å². The third-order valence-electron chi connectivity index (χ3n) is 6.10. The number of aromatic amines is 1. The molecule has 1 saturated carbocycles. The monoisotopic (exact) mass is 504 g/mol. The van der Waals surface area contributed by atoms with Crippen molar-refractivity contribution in [3.63, 3.8) is 0 Å². The number of sulfonamides is 1. The molecule has 2 heterocycles. The number of rotatable bonds is 7. The Kier molecular flexibility index (Phi) is 5.31. The van der Waals surface area contributed by atoms with Crippen molar-refractivity contribution in [1.29, 1.82) is 0 Å². The molecule has 0 amide bonds. The number of nitrogens with one attached hydrogen (secondary N) is 2. The molecule has 1 aliphatic carbocycles. The zero-order valence-corrected chi connectivity index (χ0v) is 20.1. The molecule has 8 nitrogen and oxygen atoms in total. The van der Waals surface area contributed by atoms with Crippen LogP contribution in [-0.2, 0) is 16.6 Å². The fraction of sp³-hybridized carbons (Fsp3) is 0.160. The molecule has 0 atom stereocenters. The molecule has 0 spiro atoms. The van der Waals surface area contributed by atoms with Gasteiger partial charge in [0.25, 0.3) is 10.0 Å². The summed E-state index contributed by atoms with van der Waals surface area (Å²) >= 11 is 5.90. The average Bonchev–Trinajstić information content (AvgIpc) is 3.50. The van der Waals surface area contributed by atoms with Crippen LogP contribution in [0.2, 0.25) is 5.02 Å². The quantitative estimate of drug-likeness (QED) is 0.317. The molecular weight excluding hydrogens is 484 g/mol. The Morgan fingerprint density at radius 1 is 1.03 bits per heavy atom. The Labute approximate surface area is 207 Å². The second kappa shape index (κ2) is 8.51. The zero-order chi connectivity index (χ0) is 24.0. The number of hydrogen-bond donors (Lipinski definition) is 2. The maximum atomic E-state index is 12.9. The van der Waals surface area contributed by atoms with Gasteiger partial charge in [-0.2, -0.15) is 5.10 Å². The van der Waals surface area contributed by atoms with Crippen LogP contribution < -0.4 is 4.72 Å². The minimum Gasteiger partial charge on any atom is -0.276 e. The van der Waals surface area contributed by atoms with Gasteiger partial charge in [-0.15, -0.1) is 5.10 Å². The number of H-pyrrole nitrogens is 1. The molecular formula is C25H21ClN6O2S. The van der Waals surface area contributed by atoms with Gasteiger partial charge in [0, 0.05) is 21.9 Å². The Hall–Kier alpha value is -3.69. The van der Waals surface area contributed by atoms with Gasteiger partial charge in [0.05, 0.1) is 22.7 Å². The first-order valence-electron chi connectivity index (χ1n) is 11.2. The first-order chi connectivity index (χ1) is 17.0. The Balaban J connectivity index is 1.36. The van der Waals surface area contributed by atoms with Crippen LogP contribution in [0.1, 0.15) is 30.0 Å². The Bertz CT molecular complexity index is 1620. The summed E-state index contributed by atoms with van der Waals surface area (Å²) in [5.74, 6) is 0.646. The lowest BCUT2D eigenvalue weighted by atomic mass is 10.1. The largest absolute Gasteiger partial charge is 0.276 e. The van der Waals surface area contributed by atoms with E-state index in [1.807, 2.05) is 41.1 Å². The number of halogens is 1. The second-order valence-corrected chi connectivity index (χ2v) is 10.8. The summed E-state index contributed by atoms with van der Waals surface area (Å²) in [5, 5.41) is 17.2. The molecule has 6 rings (SSSR count). The van der Waals surface area contributed by atoms with Crippen LogP contribution in [0.15, 0.2) is 77.7 Å². The van der Waals surface area contributed by atoms with E-state index in [4.69, 9.17) is 11.6 Å². The highest BCUT2D eigenvalue weighted by molar-refractivity contribution is 7.92. The molecule has 2 aromatic heterocycles. The van der Waals surface area contributed by atoms with Crippen molar-refractivity contribution in [2.75, 3.05) is 4.72 Å². The normalized spacial score (nSPS) is 13.9. The van der Waals surface area contributed by atoms with E-state index in [0.717, 1.165) is 35.4 Å². The molecule has 10 heteroatoms. The highest BCUT2D eigenvalue weighted by Crippen LogP contribution is 2.44. The lowest BCUT2D eigenvalue weighted by Gasteiger charge is -2.08. The summed E-state index contributed by atoms with van der Waals surface area (Å²) in [5.41, 5.74) is 4.67. The molecule has 1 fully saturated rings. The van der Waals surface area contributed by atoms with Gasteiger partial charge in [0.15, 0.2) is 5.82 Å². The highest BCUT2D eigenvalue weighted by Gasteiger charge is 2.32. The second-order valence-electron chi connectivity index (χ2n) is 8.63. The van der Waals surface area contributed by atoms with E-state index in [9.17, 15) is 8.42 Å². The van der Waals surface area contributed by atoms with Crippen molar-refractivity contribution in [2.24, 2.45) is 0 Å². The van der Waals surface area contributed by atoms with Gasteiger partial charge < -0.3 is 0 Å². The van der Waals surface area contributed by atoms with Gasteiger partial charge in [-0.05, 0) is 54.8 Å². The van der Waals surface area contributed by atoms with Crippen molar-refractivity contribution in [2.45, 2.75) is 30.2 Å². The molecule has 35 heavy (non-hydrogen) atoms. The van der Waals surface area contributed by atoms with Crippen LogP contribution in [-0.4, -0.2) is 33.6 Å². The lowest BCUT2D eigenvalue weighted by Crippen LogP contribution is -2.13. The molecule has 3 aromatic carbocycles. The number of hydrogen-bond acceptors (Lipinski definition) is 5. The van der Waals surface area contributed by atoms with E-state index in [1.165, 1.54) is 24.3 Å². The summed E-state index contributed by atoms with van der Waals surface area (Å²) < 4.78 is 30.4. The third kappa shape index (κ3) is 4.28. The van der Waals surface area contributed by atoms with Crippen LogP contribution in [0, 0.1) is 0 Å². The number of anilines is 1. The van der Waals surface area contributed by atoms with E-state index in [2.05, 4.69) is 37.4 Å². The standard InChI is InChI=1S/C25H21ClN6O2S/c26-19-9-11-20(12-10-19)35(33,34)30-25-21-14-18(8-13-22(21)27-29-25)23-24(17-6-7-17)32(31-28-23)15-16-4-2-1-3-5-16/h1-5,8-14,17H,6-7,15H2,(H2,27,29,30). The summed E-state index contributed by atoms with van der Waals surface area (Å²) in [6.45, 7) is 0.653. The third-order valence-corrected chi connectivity index (χ3v) is 7.71. The first kappa shape index (κ1) is 21.8. The van der Waals surface area contributed by atoms with Gasteiger partial charge in [-0.25, -0.2) is 13.1 Å². The first-order valence-corrected chi connectivity index (χ1v) is 13.1. The minimum atomic E-state index is -3.83. The lowest BCUT2D eigenvalue weighted by molar-refractivity contribution is 0.601. The number of aromatic nitrogens is 5. The fourth-order valence-electron chi connectivity index (χ4n) is 4.20. The zero-order valence-electron chi connectivity index (χ0n) is 18.5. The summed E-state index contributed by atoms with van der Waals surface area (Å²) in [6, 6.07) is 21.9. The van der Waals surface area contributed by atoms with Crippen LogP contribution in [0.5, 0.6) is 0 Å².